The van der Waals surface area contributed by atoms with Crippen molar-refractivity contribution in [3.05, 3.63) is 53.3 Å². The van der Waals surface area contributed by atoms with Crippen LogP contribution >= 0.6 is 0 Å². The number of esters is 1. The highest BCUT2D eigenvalue weighted by Gasteiger charge is 2.22. The molecule has 3 rings (SSSR count). The summed E-state index contributed by atoms with van der Waals surface area (Å²) in [6, 6.07) is 6.73. The van der Waals surface area contributed by atoms with E-state index >= 15 is 0 Å². The molecular formula is C21H26F2N2O3. The molecule has 0 saturated carbocycles. The zero-order valence-electron chi connectivity index (χ0n) is 16.4. The second kappa shape index (κ2) is 10.6. The van der Waals surface area contributed by atoms with Gasteiger partial charge in [0.05, 0.1) is 24.6 Å². The minimum absolute atomic E-state index is 0.188. The number of aryl methyl sites for hydroxylation is 1. The average Bonchev–Trinajstić information content (AvgIpc) is 2.72. The van der Waals surface area contributed by atoms with E-state index in [0.717, 1.165) is 30.4 Å². The first-order valence-electron chi connectivity index (χ1n) is 9.42. The first-order valence-corrected chi connectivity index (χ1v) is 9.42. The van der Waals surface area contributed by atoms with Gasteiger partial charge in [-0.15, -0.1) is 0 Å². The number of hydrogen-bond donors (Lipinski definition) is 1. The van der Waals surface area contributed by atoms with Crippen LogP contribution < -0.4 is 10.1 Å². The molecule has 5 nitrogen and oxygen atoms in total. The van der Waals surface area contributed by atoms with Gasteiger partial charge in [0.1, 0.15) is 5.75 Å². The Morgan fingerprint density at radius 3 is 2.82 bits per heavy atom. The van der Waals surface area contributed by atoms with Gasteiger partial charge in [-0.05, 0) is 48.6 Å². The second-order valence-corrected chi connectivity index (χ2v) is 6.12. The van der Waals surface area contributed by atoms with Crippen LogP contribution in [0.1, 0.15) is 54.1 Å². The number of hydrogen-bond acceptors (Lipinski definition) is 5. The van der Waals surface area contributed by atoms with Crippen molar-refractivity contribution in [1.82, 2.24) is 4.98 Å². The van der Waals surface area contributed by atoms with E-state index in [0.29, 0.717) is 17.8 Å². The molecule has 1 atom stereocenters. The number of anilines is 1. The highest BCUT2D eigenvalue weighted by Crippen LogP contribution is 2.34. The number of methoxy groups -OCH3 is 1. The Kier molecular flexibility index (Phi) is 8.17. The molecule has 0 saturated heterocycles. The van der Waals surface area contributed by atoms with Gasteiger partial charge in [0.2, 0.25) is 0 Å². The van der Waals surface area contributed by atoms with Crippen LogP contribution in [-0.4, -0.2) is 31.2 Å². The van der Waals surface area contributed by atoms with Crippen LogP contribution in [0, 0.1) is 0 Å². The average molecular weight is 392 g/mol. The standard InChI is InChI=1S/C19H20F2N2O3.C2H6/c1-25-18(24)16-7-8-22-11-17(16)23-10-13-4-2-3-12-9-14(26-19(20)21)5-6-15(12)13;1-2/h5-9,11,13,19,23H,2-4,10H2,1H3;1-2H3. The molecule has 0 radical (unpaired) electrons. The first-order chi connectivity index (χ1) is 13.6. The molecule has 152 valence electrons. The molecule has 0 bridgehead atoms. The molecule has 1 aromatic heterocycles. The number of alkyl halides is 2. The molecule has 1 heterocycles. The van der Waals surface area contributed by atoms with Gasteiger partial charge in [-0.1, -0.05) is 19.9 Å². The third-order valence-corrected chi connectivity index (χ3v) is 4.54. The first kappa shape index (κ1) is 21.6. The van der Waals surface area contributed by atoms with Crippen LogP contribution in [0.5, 0.6) is 5.75 Å². The summed E-state index contributed by atoms with van der Waals surface area (Å²) in [4.78, 5) is 15.9. The monoisotopic (exact) mass is 392 g/mol. The van der Waals surface area contributed by atoms with Gasteiger partial charge < -0.3 is 14.8 Å². The van der Waals surface area contributed by atoms with Gasteiger partial charge in [0.15, 0.2) is 0 Å². The number of pyridine rings is 1. The number of fused-ring (bicyclic) bond motifs is 1. The smallest absolute Gasteiger partial charge is 0.387 e. The summed E-state index contributed by atoms with van der Waals surface area (Å²) in [5.41, 5.74) is 3.19. The number of halogens is 2. The lowest BCUT2D eigenvalue weighted by molar-refractivity contribution is -0.0499. The van der Waals surface area contributed by atoms with Gasteiger partial charge in [-0.3, -0.25) is 4.98 Å². The minimum atomic E-state index is -2.82. The summed E-state index contributed by atoms with van der Waals surface area (Å²) in [6.45, 7) is 1.79. The van der Waals surface area contributed by atoms with Crippen LogP contribution in [-0.2, 0) is 11.2 Å². The third kappa shape index (κ3) is 5.41. The Morgan fingerprint density at radius 1 is 1.32 bits per heavy atom. The summed E-state index contributed by atoms with van der Waals surface area (Å²) in [5, 5.41) is 3.27. The van der Waals surface area contributed by atoms with Crippen LogP contribution in [0.25, 0.3) is 0 Å². The molecule has 0 fully saturated rings. The number of rotatable bonds is 6. The number of aromatic nitrogens is 1. The Balaban J connectivity index is 0.00000136. The van der Waals surface area contributed by atoms with Crippen molar-refractivity contribution in [2.75, 3.05) is 19.0 Å². The molecule has 0 aliphatic heterocycles. The van der Waals surface area contributed by atoms with E-state index in [1.54, 1.807) is 24.4 Å². The maximum atomic E-state index is 12.4. The van der Waals surface area contributed by atoms with E-state index in [1.165, 1.54) is 13.3 Å². The molecular weight excluding hydrogens is 366 g/mol. The maximum Gasteiger partial charge on any atom is 0.387 e. The summed E-state index contributed by atoms with van der Waals surface area (Å²) in [5.74, 6) is -0.0228. The van der Waals surface area contributed by atoms with Gasteiger partial charge in [-0.25, -0.2) is 4.79 Å². The fourth-order valence-corrected chi connectivity index (χ4v) is 3.34. The van der Waals surface area contributed by atoms with E-state index in [2.05, 4.69) is 15.0 Å². The van der Waals surface area contributed by atoms with Gasteiger partial charge >= 0.3 is 12.6 Å². The van der Waals surface area contributed by atoms with Gasteiger partial charge in [0, 0.05) is 18.7 Å². The van der Waals surface area contributed by atoms with Crippen LogP contribution in [0.3, 0.4) is 0 Å². The fraction of sp³-hybridized carbons (Fsp3) is 0.429. The van der Waals surface area contributed by atoms with Crippen LogP contribution in [0.2, 0.25) is 0 Å². The zero-order chi connectivity index (χ0) is 20.5. The fourth-order valence-electron chi connectivity index (χ4n) is 3.34. The van der Waals surface area contributed by atoms with Crippen LogP contribution in [0.15, 0.2) is 36.7 Å². The highest BCUT2D eigenvalue weighted by atomic mass is 19.3. The number of nitrogens with one attached hydrogen (secondary N) is 1. The molecule has 1 unspecified atom stereocenters. The lowest BCUT2D eigenvalue weighted by Gasteiger charge is -2.27. The van der Waals surface area contributed by atoms with Crippen molar-refractivity contribution in [2.24, 2.45) is 0 Å². The lowest BCUT2D eigenvalue weighted by atomic mass is 9.82. The number of nitrogens with zero attached hydrogens (tertiary/aromatic N) is 1. The lowest BCUT2D eigenvalue weighted by Crippen LogP contribution is -2.19. The third-order valence-electron chi connectivity index (χ3n) is 4.54. The predicted molar refractivity (Wildman–Crippen MR) is 104 cm³/mol. The molecule has 0 spiro atoms. The van der Waals surface area contributed by atoms with Crippen LogP contribution in [0.4, 0.5) is 14.5 Å². The van der Waals surface area contributed by atoms with Crippen molar-refractivity contribution in [1.29, 1.82) is 0 Å². The maximum absolute atomic E-state index is 12.4. The van der Waals surface area contributed by atoms with Crippen molar-refractivity contribution < 1.29 is 23.0 Å². The normalized spacial score (nSPS) is 15.1. The second-order valence-electron chi connectivity index (χ2n) is 6.12. The molecule has 1 N–H and O–H groups in total. The summed E-state index contributed by atoms with van der Waals surface area (Å²) in [6.07, 6.45) is 5.91. The van der Waals surface area contributed by atoms with E-state index in [1.807, 2.05) is 19.9 Å². The van der Waals surface area contributed by atoms with Crippen molar-refractivity contribution in [2.45, 2.75) is 45.6 Å². The van der Waals surface area contributed by atoms with E-state index in [9.17, 15) is 13.6 Å². The summed E-state index contributed by atoms with van der Waals surface area (Å²) in [7, 11) is 1.34. The number of carbonyl (C=O) groups is 1. The van der Waals surface area contributed by atoms with Crippen molar-refractivity contribution in [3.8, 4) is 5.75 Å². The highest BCUT2D eigenvalue weighted by molar-refractivity contribution is 5.95. The van der Waals surface area contributed by atoms with E-state index < -0.39 is 12.6 Å². The molecule has 28 heavy (non-hydrogen) atoms. The van der Waals surface area contributed by atoms with Crippen molar-refractivity contribution in [3.63, 3.8) is 0 Å². The Hall–Kier alpha value is -2.70. The number of benzene rings is 1. The van der Waals surface area contributed by atoms with E-state index in [4.69, 9.17) is 4.74 Å². The van der Waals surface area contributed by atoms with E-state index in [-0.39, 0.29) is 11.7 Å². The number of ether oxygens (including phenoxy) is 2. The Bertz CT molecular complexity index is 784. The predicted octanol–water partition coefficient (Wildman–Crippen LogP) is 5.03. The summed E-state index contributed by atoms with van der Waals surface area (Å²) >= 11 is 0. The van der Waals surface area contributed by atoms with Gasteiger partial charge in [-0.2, -0.15) is 8.78 Å². The topological polar surface area (TPSA) is 60.5 Å². The Morgan fingerprint density at radius 2 is 2.11 bits per heavy atom. The summed E-state index contributed by atoms with van der Waals surface area (Å²) < 4.78 is 34.1. The molecule has 1 aromatic carbocycles. The SMILES string of the molecule is CC.COC(=O)c1ccncc1NCC1CCCc2cc(OC(F)F)ccc21. The molecule has 7 heteroatoms. The molecule has 0 amide bonds. The Labute approximate surface area is 164 Å². The number of carbonyl (C=O) groups excluding carboxylic acids is 1. The molecule has 1 aliphatic rings. The zero-order valence-corrected chi connectivity index (χ0v) is 16.4. The minimum Gasteiger partial charge on any atom is -0.465 e. The van der Waals surface area contributed by atoms with Gasteiger partial charge in [0.25, 0.3) is 0 Å². The largest absolute Gasteiger partial charge is 0.465 e. The molecule has 1 aliphatic carbocycles. The quantitative estimate of drug-likeness (QED) is 0.699. The van der Waals surface area contributed by atoms with Crippen molar-refractivity contribution >= 4 is 11.7 Å². The molecule has 2 aromatic rings.